The van der Waals surface area contributed by atoms with Crippen molar-refractivity contribution in [3.8, 4) is 46.0 Å². The Morgan fingerprint density at radius 2 is 0.903 bits per heavy atom. The Hall–Kier alpha value is -5.33. The molecule has 12 heteroatoms. The largest absolute Gasteiger partial charge is 0.493 e. The maximum Gasteiger partial charge on any atom is 0.311 e. The van der Waals surface area contributed by atoms with Crippen LogP contribution in [0.25, 0.3) is 0 Å². The number of methoxy groups -OCH3 is 8. The van der Waals surface area contributed by atoms with E-state index in [1.807, 2.05) is 18.2 Å². The molecule has 4 aromatic carbocycles. The Morgan fingerprint density at radius 3 is 1.34 bits per heavy atom. The maximum atomic E-state index is 13.4. The van der Waals surface area contributed by atoms with Gasteiger partial charge >= 0.3 is 5.97 Å². The summed E-state index contributed by atoms with van der Waals surface area (Å²) in [6, 6.07) is 21.1. The number of fused-ring (bicyclic) bond motifs is 2. The minimum Gasteiger partial charge on any atom is -0.493 e. The lowest BCUT2D eigenvalue weighted by Crippen LogP contribution is -2.53. The van der Waals surface area contributed by atoms with Crippen molar-refractivity contribution in [1.29, 1.82) is 0 Å². The van der Waals surface area contributed by atoms with E-state index in [0.717, 1.165) is 103 Å². The predicted octanol–water partition coefficient (Wildman–Crippen LogP) is 8.13. The first kappa shape index (κ1) is 46.2. The SMILES string of the molecule is COc1ccc(C[C@@H]2c3cc(OC)c(OC)cc3CC[N+]2(C)CCCCCOC(=O)CC[N+]2(C)CCc3cc(OC)c(OC)cc3[C@H]2Cc2ccc(OC)c(OC)c2)cc1OC. The number of nitrogens with zero attached hydrogens (tertiary/aromatic N) is 2. The third-order valence-corrected chi connectivity index (χ3v) is 13.5. The number of carbonyl (C=O) groups is 1. The van der Waals surface area contributed by atoms with Crippen LogP contribution < -0.4 is 37.9 Å². The summed E-state index contributed by atoms with van der Waals surface area (Å²) in [5, 5.41) is 0. The summed E-state index contributed by atoms with van der Waals surface area (Å²) >= 11 is 0. The zero-order valence-electron chi connectivity index (χ0n) is 38.6. The van der Waals surface area contributed by atoms with Crippen LogP contribution in [0, 0.1) is 0 Å². The second-order valence-corrected chi connectivity index (χ2v) is 17.0. The highest BCUT2D eigenvalue weighted by Gasteiger charge is 2.42. The van der Waals surface area contributed by atoms with E-state index in [4.69, 9.17) is 42.6 Å². The molecule has 336 valence electrons. The predicted molar refractivity (Wildman–Crippen MR) is 240 cm³/mol. The third kappa shape index (κ3) is 10.1. The fourth-order valence-electron chi connectivity index (χ4n) is 9.68. The number of benzene rings is 4. The van der Waals surface area contributed by atoms with Crippen molar-refractivity contribution in [1.82, 2.24) is 0 Å². The van der Waals surface area contributed by atoms with Crippen LogP contribution in [-0.2, 0) is 35.2 Å². The second kappa shape index (κ2) is 20.7. The molecule has 0 bridgehead atoms. The van der Waals surface area contributed by atoms with Crippen LogP contribution in [0.1, 0.15) is 71.1 Å². The van der Waals surface area contributed by atoms with Crippen LogP contribution in [0.4, 0.5) is 0 Å². The van der Waals surface area contributed by atoms with Gasteiger partial charge in [-0.05, 0) is 90.0 Å². The molecule has 4 atom stereocenters. The molecule has 4 aromatic rings. The molecule has 0 radical (unpaired) electrons. The fourth-order valence-corrected chi connectivity index (χ4v) is 9.68. The van der Waals surface area contributed by atoms with Gasteiger partial charge in [-0.3, -0.25) is 4.79 Å². The first-order chi connectivity index (χ1) is 30.0. The average Bonchev–Trinajstić information content (AvgIpc) is 3.30. The number of esters is 1. The van der Waals surface area contributed by atoms with Gasteiger partial charge in [-0.1, -0.05) is 12.1 Å². The first-order valence-electron chi connectivity index (χ1n) is 21.7. The van der Waals surface area contributed by atoms with E-state index in [-0.39, 0.29) is 18.1 Å². The molecule has 0 aromatic heterocycles. The Labute approximate surface area is 368 Å². The number of ether oxygens (including phenoxy) is 9. The highest BCUT2D eigenvalue weighted by atomic mass is 16.5. The van der Waals surface area contributed by atoms with Crippen LogP contribution in [0.3, 0.4) is 0 Å². The molecule has 2 unspecified atom stereocenters. The van der Waals surface area contributed by atoms with Crippen LogP contribution in [-0.4, -0.2) is 119 Å². The van der Waals surface area contributed by atoms with Crippen molar-refractivity contribution in [2.75, 3.05) is 104 Å². The first-order valence-corrected chi connectivity index (χ1v) is 21.7. The molecule has 0 spiro atoms. The van der Waals surface area contributed by atoms with E-state index in [1.54, 1.807) is 56.9 Å². The van der Waals surface area contributed by atoms with Gasteiger partial charge in [-0.2, -0.15) is 0 Å². The maximum absolute atomic E-state index is 13.4. The number of quaternary nitrogens is 2. The number of likely N-dealkylation sites (N-methyl/N-ethyl adjacent to an activating group) is 2. The van der Waals surface area contributed by atoms with E-state index in [0.29, 0.717) is 41.3 Å². The number of hydrogen-bond donors (Lipinski definition) is 0. The van der Waals surface area contributed by atoms with E-state index >= 15 is 0 Å². The van der Waals surface area contributed by atoms with Gasteiger partial charge in [-0.25, -0.2) is 0 Å². The van der Waals surface area contributed by atoms with E-state index in [1.165, 1.54) is 27.8 Å². The third-order valence-electron chi connectivity index (χ3n) is 13.5. The van der Waals surface area contributed by atoms with Crippen LogP contribution in [0.2, 0.25) is 0 Å². The summed E-state index contributed by atoms with van der Waals surface area (Å²) in [5.41, 5.74) is 7.34. The smallest absolute Gasteiger partial charge is 0.311 e. The van der Waals surface area contributed by atoms with Gasteiger partial charge in [0.1, 0.15) is 12.1 Å². The van der Waals surface area contributed by atoms with Crippen molar-refractivity contribution in [2.45, 2.75) is 63.5 Å². The molecule has 12 nitrogen and oxygen atoms in total. The molecule has 0 saturated carbocycles. The lowest BCUT2D eigenvalue weighted by molar-refractivity contribution is -0.941. The number of unbranched alkanes of at least 4 members (excludes halogenated alkanes) is 2. The Kier molecular flexibility index (Phi) is 15.4. The molecule has 6 rings (SSSR count). The van der Waals surface area contributed by atoms with Crippen LogP contribution >= 0.6 is 0 Å². The van der Waals surface area contributed by atoms with Gasteiger partial charge in [0.15, 0.2) is 46.0 Å². The standard InChI is InChI=1S/C50H68N2O10/c1-51(22-18-36-30-46(58-7)48(60-9)32-38(36)40(51)26-34-14-16-42(54-3)44(28-34)56-5)21-12-11-13-25-62-50(53)20-24-52(2)23-19-37-31-47(59-8)49(61-10)33-39(37)41(52)27-35-15-17-43(55-4)45(29-35)57-6/h14-17,28-33,40-41H,11-13,18-27H2,1-10H3/q+2/t40-,41-,51?,52?/m1/s1. The van der Waals surface area contributed by atoms with E-state index in [9.17, 15) is 4.79 Å². The molecule has 0 aliphatic carbocycles. The van der Waals surface area contributed by atoms with Crippen molar-refractivity contribution >= 4 is 5.97 Å². The summed E-state index contributed by atoms with van der Waals surface area (Å²) in [5.74, 6) is 5.61. The highest BCUT2D eigenvalue weighted by molar-refractivity contribution is 5.69. The summed E-state index contributed by atoms with van der Waals surface area (Å²) in [7, 11) is 18.0. The molecule has 0 N–H and O–H groups in total. The lowest BCUT2D eigenvalue weighted by atomic mass is 9.86. The van der Waals surface area contributed by atoms with Crippen molar-refractivity contribution in [3.05, 3.63) is 94.0 Å². The van der Waals surface area contributed by atoms with Crippen molar-refractivity contribution in [3.63, 3.8) is 0 Å². The van der Waals surface area contributed by atoms with Crippen LogP contribution in [0.5, 0.6) is 46.0 Å². The van der Waals surface area contributed by atoms with Gasteiger partial charge in [0.25, 0.3) is 0 Å². The average molecular weight is 857 g/mol. The molecule has 0 amide bonds. The molecule has 0 fully saturated rings. The monoisotopic (exact) mass is 856 g/mol. The number of rotatable bonds is 21. The van der Waals surface area contributed by atoms with Crippen molar-refractivity contribution in [2.24, 2.45) is 0 Å². The summed E-state index contributed by atoms with van der Waals surface area (Å²) in [6.45, 7) is 3.94. The quantitative estimate of drug-likeness (QED) is 0.0464. The van der Waals surface area contributed by atoms with Crippen LogP contribution in [0.15, 0.2) is 60.7 Å². The summed E-state index contributed by atoms with van der Waals surface area (Å²) in [4.78, 5) is 13.4. The number of carbonyl (C=O) groups excluding carboxylic acids is 1. The van der Waals surface area contributed by atoms with Gasteiger partial charge in [0, 0.05) is 36.8 Å². The highest BCUT2D eigenvalue weighted by Crippen LogP contribution is 2.45. The summed E-state index contributed by atoms with van der Waals surface area (Å²) in [6.07, 6.45) is 6.52. The zero-order valence-corrected chi connectivity index (χ0v) is 38.6. The van der Waals surface area contributed by atoms with Gasteiger partial charge in [0.05, 0.1) is 110 Å². The molecule has 2 heterocycles. The van der Waals surface area contributed by atoms with Gasteiger partial charge in [-0.15, -0.1) is 0 Å². The zero-order chi connectivity index (χ0) is 44.4. The number of hydrogen-bond acceptors (Lipinski definition) is 10. The Balaban J connectivity index is 1.08. The second-order valence-electron chi connectivity index (χ2n) is 17.0. The van der Waals surface area contributed by atoms with Gasteiger partial charge in [0.2, 0.25) is 0 Å². The van der Waals surface area contributed by atoms with Gasteiger partial charge < -0.3 is 51.6 Å². The fraction of sp³-hybridized carbons (Fsp3) is 0.500. The van der Waals surface area contributed by atoms with E-state index < -0.39 is 0 Å². The topological polar surface area (TPSA) is 100 Å². The Morgan fingerprint density at radius 1 is 0.500 bits per heavy atom. The molecular formula is C50H68N2O10+2. The molecule has 2 aliphatic rings. The van der Waals surface area contributed by atoms with E-state index in [2.05, 4.69) is 56.6 Å². The molecule has 0 saturated heterocycles. The van der Waals surface area contributed by atoms with Crippen molar-refractivity contribution < 1.29 is 56.4 Å². The minimum absolute atomic E-state index is 0.0643. The minimum atomic E-state index is -0.154. The Bertz CT molecular complexity index is 2160. The summed E-state index contributed by atoms with van der Waals surface area (Å²) < 4.78 is 52.8. The normalized spacial score (nSPS) is 20.3. The molecule has 62 heavy (non-hydrogen) atoms. The molecule has 2 aliphatic heterocycles. The molecular weight excluding hydrogens is 789 g/mol. The lowest BCUT2D eigenvalue weighted by Gasteiger charge is -2.46.